The van der Waals surface area contributed by atoms with Crippen LogP contribution in [0.1, 0.15) is 35.5 Å². The van der Waals surface area contributed by atoms with Gasteiger partial charge in [0.2, 0.25) is 11.8 Å². The Morgan fingerprint density at radius 3 is 1.97 bits per heavy atom. The molecule has 0 fully saturated rings. The minimum absolute atomic E-state index is 0.0187. The van der Waals surface area contributed by atoms with Gasteiger partial charge in [-0.15, -0.1) is 0 Å². The number of nitrogens with two attached hydrogens (primary N) is 1. The smallest absolute Gasteiger partial charge is 0.270 e. The molecule has 0 saturated carbocycles. The van der Waals surface area contributed by atoms with Crippen molar-refractivity contribution in [2.45, 2.75) is 50.9 Å². The molecule has 39 heavy (non-hydrogen) atoms. The molecule has 2 aromatic carbocycles. The third-order valence-corrected chi connectivity index (χ3v) is 6.42. The second-order valence-corrected chi connectivity index (χ2v) is 9.84. The average Bonchev–Trinajstić information content (AvgIpc) is 2.94. The normalized spacial score (nSPS) is 14.2. The van der Waals surface area contributed by atoms with Crippen LogP contribution in [0.2, 0.25) is 0 Å². The van der Waals surface area contributed by atoms with Gasteiger partial charge >= 0.3 is 0 Å². The minimum atomic E-state index is -1.05. The summed E-state index contributed by atoms with van der Waals surface area (Å²) in [5.74, 6) is -1.65. The number of nitrogens with one attached hydrogen (secondary N) is 3. The number of hydrogen-bond acceptors (Lipinski definition) is 6. The van der Waals surface area contributed by atoms with Crippen LogP contribution in [0.15, 0.2) is 85.1 Å². The standard InChI is InChI=1S/C30H37N5O4/c1-20(2)27(35-29(38)23-15-9-10-16-32-23)30(39)34-24(17-21-11-5-3-6-12-21)26(36)19-33-25(28(31)37)18-22-13-7-4-8-14-22/h3-16,20,24-27,33,36H,17-19H2,1-2H3,(H2,31,37)(H,34,39)(H,35,38)/t24-,25-,26-,27-/m0/s1. The van der Waals surface area contributed by atoms with Crippen LogP contribution in [0.4, 0.5) is 0 Å². The number of benzene rings is 2. The first-order valence-corrected chi connectivity index (χ1v) is 13.1. The largest absolute Gasteiger partial charge is 0.390 e. The summed E-state index contributed by atoms with van der Waals surface area (Å²) in [6.45, 7) is 3.67. The molecule has 3 rings (SSSR count). The highest BCUT2D eigenvalue weighted by Gasteiger charge is 2.30. The Hall–Kier alpha value is -4.08. The predicted octanol–water partition coefficient (Wildman–Crippen LogP) is 1.61. The number of amides is 3. The van der Waals surface area contributed by atoms with Crippen molar-refractivity contribution in [2.75, 3.05) is 6.54 Å². The molecule has 1 aromatic heterocycles. The highest BCUT2D eigenvalue weighted by molar-refractivity contribution is 5.96. The lowest BCUT2D eigenvalue weighted by molar-refractivity contribution is -0.125. The van der Waals surface area contributed by atoms with Crippen LogP contribution in [0.3, 0.4) is 0 Å². The van der Waals surface area contributed by atoms with Gasteiger partial charge in [-0.2, -0.15) is 0 Å². The quantitative estimate of drug-likeness (QED) is 0.214. The zero-order chi connectivity index (χ0) is 28.2. The topological polar surface area (TPSA) is 146 Å². The molecule has 9 nitrogen and oxygen atoms in total. The van der Waals surface area contributed by atoms with E-state index in [1.165, 1.54) is 6.20 Å². The van der Waals surface area contributed by atoms with Crippen molar-refractivity contribution in [3.05, 3.63) is 102 Å². The van der Waals surface area contributed by atoms with Gasteiger partial charge in [-0.05, 0) is 42.0 Å². The molecular weight excluding hydrogens is 494 g/mol. The van der Waals surface area contributed by atoms with E-state index in [1.807, 2.05) is 74.5 Å². The summed E-state index contributed by atoms with van der Waals surface area (Å²) in [6, 6.07) is 21.6. The lowest BCUT2D eigenvalue weighted by Gasteiger charge is -2.29. The van der Waals surface area contributed by atoms with Crippen LogP contribution in [-0.2, 0) is 22.4 Å². The van der Waals surface area contributed by atoms with Crippen LogP contribution < -0.4 is 21.7 Å². The number of aliphatic hydroxyl groups is 1. The number of pyridine rings is 1. The van der Waals surface area contributed by atoms with Crippen molar-refractivity contribution in [3.63, 3.8) is 0 Å². The zero-order valence-electron chi connectivity index (χ0n) is 22.3. The van der Waals surface area contributed by atoms with Gasteiger partial charge in [0.05, 0.1) is 18.2 Å². The van der Waals surface area contributed by atoms with E-state index in [0.717, 1.165) is 11.1 Å². The third kappa shape index (κ3) is 9.31. The Bertz CT molecular complexity index is 1190. The highest BCUT2D eigenvalue weighted by atomic mass is 16.3. The Kier molecular flexibility index (Phi) is 11.1. The summed E-state index contributed by atoms with van der Waals surface area (Å²) in [4.78, 5) is 42.3. The van der Waals surface area contributed by atoms with Crippen molar-refractivity contribution in [1.29, 1.82) is 0 Å². The Labute approximate surface area is 229 Å². The van der Waals surface area contributed by atoms with Gasteiger partial charge in [0.1, 0.15) is 11.7 Å². The molecule has 0 bridgehead atoms. The fourth-order valence-corrected chi connectivity index (χ4v) is 4.20. The molecule has 0 radical (unpaired) electrons. The number of carbonyl (C=O) groups excluding carboxylic acids is 3. The summed E-state index contributed by atoms with van der Waals surface area (Å²) in [5.41, 5.74) is 7.67. The van der Waals surface area contributed by atoms with Gasteiger partial charge in [-0.1, -0.05) is 80.6 Å². The van der Waals surface area contributed by atoms with Crippen LogP contribution in [0.25, 0.3) is 0 Å². The number of carbonyl (C=O) groups is 3. The van der Waals surface area contributed by atoms with Crippen molar-refractivity contribution in [2.24, 2.45) is 11.7 Å². The Morgan fingerprint density at radius 2 is 1.44 bits per heavy atom. The van der Waals surface area contributed by atoms with Gasteiger partial charge in [0.25, 0.3) is 5.91 Å². The number of aliphatic hydroxyl groups excluding tert-OH is 1. The van der Waals surface area contributed by atoms with Crippen molar-refractivity contribution in [1.82, 2.24) is 20.9 Å². The SMILES string of the molecule is CC(C)[C@H](NC(=O)c1ccccn1)C(=O)N[C@@H](Cc1ccccc1)[C@@H](O)CN[C@@H](Cc1ccccc1)C(N)=O. The fourth-order valence-electron chi connectivity index (χ4n) is 4.20. The van der Waals surface area contributed by atoms with E-state index < -0.39 is 42.0 Å². The first kappa shape index (κ1) is 29.5. The molecular formula is C30H37N5O4. The molecule has 0 aliphatic heterocycles. The zero-order valence-corrected chi connectivity index (χ0v) is 22.3. The van der Waals surface area contributed by atoms with Gasteiger partial charge in [0.15, 0.2) is 0 Å². The van der Waals surface area contributed by atoms with E-state index in [0.29, 0.717) is 12.8 Å². The Balaban J connectivity index is 1.72. The van der Waals surface area contributed by atoms with Crippen molar-refractivity contribution >= 4 is 17.7 Å². The van der Waals surface area contributed by atoms with Crippen LogP contribution in [0.5, 0.6) is 0 Å². The second-order valence-electron chi connectivity index (χ2n) is 9.84. The average molecular weight is 532 g/mol. The maximum Gasteiger partial charge on any atom is 0.270 e. The van der Waals surface area contributed by atoms with E-state index in [1.54, 1.807) is 18.2 Å². The first-order valence-electron chi connectivity index (χ1n) is 13.1. The summed E-state index contributed by atoms with van der Waals surface area (Å²) in [6.07, 6.45) is 1.17. The number of primary amides is 1. The van der Waals surface area contributed by atoms with Crippen LogP contribution >= 0.6 is 0 Å². The number of aromatic nitrogens is 1. The molecule has 3 aromatic rings. The predicted molar refractivity (Wildman–Crippen MR) is 150 cm³/mol. The molecule has 3 amide bonds. The lowest BCUT2D eigenvalue weighted by Crippen LogP contribution is -2.57. The molecule has 0 saturated heterocycles. The molecule has 0 aliphatic carbocycles. The second kappa shape index (κ2) is 14.8. The molecule has 206 valence electrons. The first-order chi connectivity index (χ1) is 18.7. The summed E-state index contributed by atoms with van der Waals surface area (Å²) in [7, 11) is 0. The molecule has 6 N–H and O–H groups in total. The van der Waals surface area contributed by atoms with Crippen LogP contribution in [0, 0.1) is 5.92 Å². The third-order valence-electron chi connectivity index (χ3n) is 6.42. The molecule has 0 unspecified atom stereocenters. The lowest BCUT2D eigenvalue weighted by atomic mass is 9.98. The van der Waals surface area contributed by atoms with Gasteiger partial charge in [0, 0.05) is 12.7 Å². The summed E-state index contributed by atoms with van der Waals surface area (Å²) < 4.78 is 0. The van der Waals surface area contributed by atoms with Gasteiger partial charge in [-0.25, -0.2) is 0 Å². The van der Waals surface area contributed by atoms with E-state index >= 15 is 0 Å². The monoisotopic (exact) mass is 531 g/mol. The van der Waals surface area contributed by atoms with E-state index in [-0.39, 0.29) is 18.2 Å². The maximum absolute atomic E-state index is 13.4. The van der Waals surface area contributed by atoms with E-state index in [4.69, 9.17) is 5.73 Å². The van der Waals surface area contributed by atoms with E-state index in [2.05, 4.69) is 20.9 Å². The summed E-state index contributed by atoms with van der Waals surface area (Å²) in [5, 5.41) is 19.9. The molecule has 0 aliphatic rings. The van der Waals surface area contributed by atoms with E-state index in [9.17, 15) is 19.5 Å². The molecule has 9 heteroatoms. The highest BCUT2D eigenvalue weighted by Crippen LogP contribution is 2.10. The Morgan fingerprint density at radius 1 is 0.846 bits per heavy atom. The number of nitrogens with zero attached hydrogens (tertiary/aromatic N) is 1. The molecule has 4 atom stereocenters. The molecule has 1 heterocycles. The number of rotatable bonds is 14. The van der Waals surface area contributed by atoms with Gasteiger partial charge in [-0.3, -0.25) is 19.4 Å². The number of hydrogen-bond donors (Lipinski definition) is 5. The summed E-state index contributed by atoms with van der Waals surface area (Å²) >= 11 is 0. The van der Waals surface area contributed by atoms with Crippen molar-refractivity contribution < 1.29 is 19.5 Å². The fraction of sp³-hybridized carbons (Fsp3) is 0.333. The minimum Gasteiger partial charge on any atom is -0.390 e. The van der Waals surface area contributed by atoms with Crippen molar-refractivity contribution in [3.8, 4) is 0 Å². The van der Waals surface area contributed by atoms with Gasteiger partial charge < -0.3 is 26.8 Å². The molecule has 0 spiro atoms. The maximum atomic E-state index is 13.4. The van der Waals surface area contributed by atoms with Crippen LogP contribution in [-0.4, -0.2) is 58.6 Å².